The summed E-state index contributed by atoms with van der Waals surface area (Å²) in [5, 5.41) is 1.36. The van der Waals surface area contributed by atoms with Gasteiger partial charge in [0.05, 0.1) is 15.2 Å². The lowest BCUT2D eigenvalue weighted by Gasteiger charge is -2.16. The molecule has 0 saturated carbocycles. The normalized spacial score (nSPS) is 11.2. The Balaban J connectivity index is 2.29. The summed E-state index contributed by atoms with van der Waals surface area (Å²) in [6, 6.07) is 15.3. The van der Waals surface area contributed by atoms with Crippen LogP contribution in [0.3, 0.4) is 0 Å². The molecule has 0 saturated heterocycles. The highest BCUT2D eigenvalue weighted by atomic mass is 28.3. The van der Waals surface area contributed by atoms with Gasteiger partial charge in [-0.1, -0.05) is 61.2 Å². The maximum Gasteiger partial charge on any atom is 0.193 e. The second-order valence-electron chi connectivity index (χ2n) is 5.89. The van der Waals surface area contributed by atoms with Gasteiger partial charge < -0.3 is 4.74 Å². The molecular weight excluding hydrogens is 264 g/mol. The molecule has 0 N–H and O–H groups in total. The maximum absolute atomic E-state index is 12.4. The number of hydrogen-bond donors (Lipinski definition) is 0. The van der Waals surface area contributed by atoms with Crippen LogP contribution in [-0.2, 0) is 0 Å². The van der Waals surface area contributed by atoms with Crippen molar-refractivity contribution < 1.29 is 9.53 Å². The molecule has 0 unspecified atom stereocenters. The Kier molecular flexibility index (Phi) is 4.09. The van der Waals surface area contributed by atoms with Gasteiger partial charge in [0, 0.05) is 11.1 Å². The Labute approximate surface area is 121 Å². The zero-order valence-corrected chi connectivity index (χ0v) is 13.4. The lowest BCUT2D eigenvalue weighted by molar-refractivity contribution is 0.103. The fourth-order valence-corrected chi connectivity index (χ4v) is 3.22. The van der Waals surface area contributed by atoms with Crippen molar-refractivity contribution in [3.63, 3.8) is 0 Å². The summed E-state index contributed by atoms with van der Waals surface area (Å²) in [5.41, 5.74) is 1.38. The van der Waals surface area contributed by atoms with Gasteiger partial charge in [0.1, 0.15) is 5.75 Å². The molecule has 20 heavy (non-hydrogen) atoms. The van der Waals surface area contributed by atoms with E-state index in [4.69, 9.17) is 4.74 Å². The fourth-order valence-electron chi connectivity index (χ4n) is 2.05. The van der Waals surface area contributed by atoms with Crippen molar-refractivity contribution in [3.8, 4) is 5.75 Å². The molecule has 0 aliphatic rings. The first-order chi connectivity index (χ1) is 9.41. The molecule has 2 aromatic carbocycles. The Bertz CT molecular complexity index is 610. The first kappa shape index (κ1) is 14.5. The van der Waals surface area contributed by atoms with E-state index < -0.39 is 8.07 Å². The number of carbonyl (C=O) groups excluding carboxylic acids is 1. The number of carbonyl (C=O) groups is 1. The molecule has 2 rings (SSSR count). The minimum Gasteiger partial charge on any atom is -0.497 e. The quantitative estimate of drug-likeness (QED) is 0.635. The summed E-state index contributed by atoms with van der Waals surface area (Å²) in [6.07, 6.45) is 0. The van der Waals surface area contributed by atoms with Crippen LogP contribution in [0.5, 0.6) is 5.75 Å². The topological polar surface area (TPSA) is 26.3 Å². The Hall–Kier alpha value is -1.87. The highest BCUT2D eigenvalue weighted by Crippen LogP contribution is 2.16. The van der Waals surface area contributed by atoms with E-state index in [-0.39, 0.29) is 5.78 Å². The monoisotopic (exact) mass is 284 g/mol. The lowest BCUT2D eigenvalue weighted by Crippen LogP contribution is -2.37. The van der Waals surface area contributed by atoms with Crippen molar-refractivity contribution in [3.05, 3.63) is 59.7 Å². The van der Waals surface area contributed by atoms with Crippen molar-refractivity contribution in [2.24, 2.45) is 0 Å². The summed E-state index contributed by atoms with van der Waals surface area (Å²) in [5.74, 6) is 0.737. The molecule has 0 spiro atoms. The van der Waals surface area contributed by atoms with E-state index in [1.54, 1.807) is 13.2 Å². The van der Waals surface area contributed by atoms with Gasteiger partial charge in [-0.25, -0.2) is 0 Å². The highest BCUT2D eigenvalue weighted by Gasteiger charge is 2.17. The molecule has 3 heteroatoms. The van der Waals surface area contributed by atoms with Crippen LogP contribution in [0, 0.1) is 0 Å². The van der Waals surface area contributed by atoms with E-state index in [9.17, 15) is 4.79 Å². The number of ketones is 1. The molecule has 0 aromatic heterocycles. The molecule has 0 amide bonds. The first-order valence-electron chi connectivity index (χ1n) is 6.71. The van der Waals surface area contributed by atoms with Gasteiger partial charge in [0.15, 0.2) is 5.78 Å². The zero-order valence-electron chi connectivity index (χ0n) is 12.4. The van der Waals surface area contributed by atoms with Crippen molar-refractivity contribution in [2.75, 3.05) is 7.11 Å². The van der Waals surface area contributed by atoms with E-state index >= 15 is 0 Å². The van der Waals surface area contributed by atoms with E-state index in [1.165, 1.54) is 5.19 Å². The molecule has 0 atom stereocenters. The van der Waals surface area contributed by atoms with Gasteiger partial charge in [-0.3, -0.25) is 4.79 Å². The Morgan fingerprint density at radius 2 is 1.60 bits per heavy atom. The van der Waals surface area contributed by atoms with E-state index in [2.05, 4.69) is 31.8 Å². The van der Waals surface area contributed by atoms with Gasteiger partial charge in [-0.2, -0.15) is 0 Å². The average molecular weight is 284 g/mol. The summed E-state index contributed by atoms with van der Waals surface area (Å²) < 4.78 is 5.16. The fraction of sp³-hybridized carbons (Fsp3) is 0.235. The molecule has 2 nitrogen and oxygen atoms in total. The average Bonchev–Trinajstić information content (AvgIpc) is 2.46. The van der Waals surface area contributed by atoms with E-state index in [0.29, 0.717) is 11.3 Å². The van der Waals surface area contributed by atoms with Gasteiger partial charge >= 0.3 is 0 Å². The standard InChI is InChI=1S/C17H20O2Si/c1-19-15-7-5-6-14(12-15)17(18)13-8-10-16(11-9-13)20(2,3)4/h5-12H,1-4H3. The van der Waals surface area contributed by atoms with E-state index in [1.807, 2.05) is 30.3 Å². The third-order valence-electron chi connectivity index (χ3n) is 3.35. The van der Waals surface area contributed by atoms with Crippen molar-refractivity contribution in [1.82, 2.24) is 0 Å². The molecule has 2 aromatic rings. The summed E-state index contributed by atoms with van der Waals surface area (Å²) in [6.45, 7) is 6.89. The van der Waals surface area contributed by atoms with Crippen LogP contribution in [0.2, 0.25) is 19.6 Å². The number of hydrogen-bond acceptors (Lipinski definition) is 2. The van der Waals surface area contributed by atoms with Crippen LogP contribution in [0.25, 0.3) is 0 Å². The van der Waals surface area contributed by atoms with Crippen LogP contribution in [-0.4, -0.2) is 21.0 Å². The predicted octanol–water partition coefficient (Wildman–Crippen LogP) is 3.47. The summed E-state index contributed by atoms with van der Waals surface area (Å²) in [7, 11) is 0.287. The van der Waals surface area contributed by atoms with Crippen LogP contribution in [0.1, 0.15) is 15.9 Å². The van der Waals surface area contributed by atoms with Gasteiger partial charge in [-0.15, -0.1) is 0 Å². The molecule has 0 aliphatic carbocycles. The lowest BCUT2D eigenvalue weighted by atomic mass is 10.0. The van der Waals surface area contributed by atoms with Crippen LogP contribution < -0.4 is 9.92 Å². The number of benzene rings is 2. The summed E-state index contributed by atoms with van der Waals surface area (Å²) in [4.78, 5) is 12.4. The second-order valence-corrected chi connectivity index (χ2v) is 11.0. The van der Waals surface area contributed by atoms with E-state index in [0.717, 1.165) is 5.56 Å². The minimum atomic E-state index is -1.32. The summed E-state index contributed by atoms with van der Waals surface area (Å²) >= 11 is 0. The molecule has 0 heterocycles. The van der Waals surface area contributed by atoms with Gasteiger partial charge in [-0.05, 0) is 12.1 Å². The molecular formula is C17H20O2Si. The molecule has 0 bridgehead atoms. The van der Waals surface area contributed by atoms with Crippen molar-refractivity contribution >= 4 is 19.0 Å². The second kappa shape index (κ2) is 5.63. The third-order valence-corrected chi connectivity index (χ3v) is 5.41. The number of rotatable bonds is 4. The zero-order chi connectivity index (χ0) is 14.8. The van der Waals surface area contributed by atoms with Crippen LogP contribution in [0.4, 0.5) is 0 Å². The Morgan fingerprint density at radius 3 is 2.15 bits per heavy atom. The van der Waals surface area contributed by atoms with Crippen LogP contribution >= 0.6 is 0 Å². The maximum atomic E-state index is 12.4. The smallest absolute Gasteiger partial charge is 0.193 e. The van der Waals surface area contributed by atoms with Crippen molar-refractivity contribution in [1.29, 1.82) is 0 Å². The van der Waals surface area contributed by atoms with Gasteiger partial charge in [0.25, 0.3) is 0 Å². The third kappa shape index (κ3) is 3.17. The SMILES string of the molecule is COc1cccc(C(=O)c2ccc([Si](C)(C)C)cc2)c1. The van der Waals surface area contributed by atoms with Gasteiger partial charge in [0.2, 0.25) is 0 Å². The van der Waals surface area contributed by atoms with Crippen molar-refractivity contribution in [2.45, 2.75) is 19.6 Å². The molecule has 104 valence electrons. The molecule has 0 aliphatic heterocycles. The van der Waals surface area contributed by atoms with Crippen LogP contribution in [0.15, 0.2) is 48.5 Å². The number of methoxy groups -OCH3 is 1. The highest BCUT2D eigenvalue weighted by molar-refractivity contribution is 6.88. The number of ether oxygens (including phenoxy) is 1. The largest absolute Gasteiger partial charge is 0.497 e. The first-order valence-corrected chi connectivity index (χ1v) is 10.2. The molecule has 0 radical (unpaired) electrons. The predicted molar refractivity (Wildman–Crippen MR) is 85.8 cm³/mol. The Morgan fingerprint density at radius 1 is 0.950 bits per heavy atom. The molecule has 0 fully saturated rings. The minimum absolute atomic E-state index is 0.0334.